The number of aryl methyl sites for hydroxylation is 1. The second kappa shape index (κ2) is 2.28. The number of fused-ring (bicyclic) bond motifs is 1. The number of aromatic nitrogens is 1. The summed E-state index contributed by atoms with van der Waals surface area (Å²) in [6.07, 6.45) is 1.99. The van der Waals surface area contributed by atoms with Gasteiger partial charge in [-0.05, 0) is 24.3 Å². The van der Waals surface area contributed by atoms with E-state index in [-0.39, 0.29) is 0 Å². The third kappa shape index (κ3) is 0.925. The molecule has 2 aromatic rings. The standard InChI is InChI=1S/C9H7ClN/c1-11-6-5-7-3-2-4-8(10)9(7)11/h3-6H,1H3. The van der Waals surface area contributed by atoms with E-state index in [1.54, 1.807) is 6.07 Å². The van der Waals surface area contributed by atoms with Crippen molar-refractivity contribution >= 4 is 22.5 Å². The Morgan fingerprint density at radius 1 is 1.45 bits per heavy atom. The normalized spacial score (nSPS) is 10.7. The Balaban J connectivity index is 2.96. The summed E-state index contributed by atoms with van der Waals surface area (Å²) in [6.45, 7) is 0. The van der Waals surface area contributed by atoms with Gasteiger partial charge in [0.05, 0.1) is 10.5 Å². The van der Waals surface area contributed by atoms with Gasteiger partial charge >= 0.3 is 0 Å². The van der Waals surface area contributed by atoms with Crippen LogP contribution in [0.2, 0.25) is 5.02 Å². The Hall–Kier alpha value is -0.950. The molecule has 2 rings (SSSR count). The van der Waals surface area contributed by atoms with Gasteiger partial charge < -0.3 is 4.57 Å². The minimum Gasteiger partial charge on any atom is -0.349 e. The Labute approximate surface area is 70.2 Å². The van der Waals surface area contributed by atoms with E-state index >= 15 is 0 Å². The van der Waals surface area contributed by atoms with E-state index in [1.165, 1.54) is 0 Å². The predicted molar refractivity (Wildman–Crippen MR) is 46.8 cm³/mol. The number of nitrogens with zero attached hydrogens (tertiary/aromatic N) is 1. The largest absolute Gasteiger partial charge is 0.349 e. The molecule has 0 amide bonds. The predicted octanol–water partition coefficient (Wildman–Crippen LogP) is 2.63. The van der Waals surface area contributed by atoms with Crippen molar-refractivity contribution < 1.29 is 0 Å². The van der Waals surface area contributed by atoms with Crippen LogP contribution in [0.1, 0.15) is 0 Å². The molecule has 0 saturated heterocycles. The minimum absolute atomic E-state index is 0.759. The first-order valence-corrected chi connectivity index (χ1v) is 3.77. The molecule has 2 heteroatoms. The monoisotopic (exact) mass is 164 g/mol. The third-order valence-corrected chi connectivity index (χ3v) is 2.07. The molecule has 0 aliphatic heterocycles. The maximum absolute atomic E-state index is 5.95. The molecule has 1 aromatic heterocycles. The fourth-order valence-corrected chi connectivity index (χ4v) is 1.55. The lowest BCUT2D eigenvalue weighted by Gasteiger charge is -1.96. The quantitative estimate of drug-likeness (QED) is 0.564. The molecule has 0 N–H and O–H groups in total. The van der Waals surface area contributed by atoms with Gasteiger partial charge in [-0.25, -0.2) is 0 Å². The van der Waals surface area contributed by atoms with Crippen LogP contribution in [0.4, 0.5) is 0 Å². The number of hydrogen-bond donors (Lipinski definition) is 0. The van der Waals surface area contributed by atoms with Gasteiger partial charge in [-0.2, -0.15) is 0 Å². The van der Waals surface area contributed by atoms with Gasteiger partial charge in [-0.3, -0.25) is 0 Å². The van der Waals surface area contributed by atoms with E-state index in [1.807, 2.05) is 29.9 Å². The van der Waals surface area contributed by atoms with Crippen molar-refractivity contribution in [3.05, 3.63) is 35.5 Å². The molecule has 1 heterocycles. The highest BCUT2D eigenvalue weighted by Gasteiger charge is 2.00. The summed E-state index contributed by atoms with van der Waals surface area (Å²) in [5.74, 6) is 0. The van der Waals surface area contributed by atoms with E-state index in [0.717, 1.165) is 15.9 Å². The lowest BCUT2D eigenvalue weighted by Crippen LogP contribution is -1.83. The molecule has 0 aliphatic rings. The summed E-state index contributed by atoms with van der Waals surface area (Å²) in [5.41, 5.74) is 1.07. The number of hydrogen-bond acceptors (Lipinski definition) is 0. The van der Waals surface area contributed by atoms with Crippen LogP contribution in [0.3, 0.4) is 0 Å². The summed E-state index contributed by atoms with van der Waals surface area (Å²) < 4.78 is 2.01. The van der Waals surface area contributed by atoms with Crippen LogP contribution >= 0.6 is 11.6 Å². The highest BCUT2D eigenvalue weighted by atomic mass is 35.5. The molecule has 0 atom stereocenters. The highest BCUT2D eigenvalue weighted by molar-refractivity contribution is 6.35. The smallest absolute Gasteiger partial charge is 0.0667 e. The van der Waals surface area contributed by atoms with Crippen molar-refractivity contribution in [2.24, 2.45) is 7.05 Å². The zero-order valence-corrected chi connectivity index (χ0v) is 6.89. The lowest BCUT2D eigenvalue weighted by molar-refractivity contribution is 0.969. The van der Waals surface area contributed by atoms with E-state index in [4.69, 9.17) is 11.6 Å². The van der Waals surface area contributed by atoms with E-state index < -0.39 is 0 Å². The first kappa shape index (κ1) is 6.74. The van der Waals surface area contributed by atoms with Crippen molar-refractivity contribution in [1.29, 1.82) is 0 Å². The SMILES string of the molecule is Cn1ccc2c[c]cc(Cl)c21. The highest BCUT2D eigenvalue weighted by Crippen LogP contribution is 2.22. The maximum atomic E-state index is 5.95. The van der Waals surface area contributed by atoms with Crippen LogP contribution in [0.5, 0.6) is 0 Å². The molecule has 0 spiro atoms. The zero-order chi connectivity index (χ0) is 7.84. The minimum atomic E-state index is 0.759. The first-order chi connectivity index (χ1) is 5.29. The zero-order valence-electron chi connectivity index (χ0n) is 6.13. The number of benzene rings is 1. The maximum Gasteiger partial charge on any atom is 0.0667 e. The molecular formula is C9H7ClN. The second-order valence-electron chi connectivity index (χ2n) is 2.53. The summed E-state index contributed by atoms with van der Waals surface area (Å²) in [7, 11) is 1.98. The molecule has 55 valence electrons. The van der Waals surface area contributed by atoms with Gasteiger partial charge in [0.25, 0.3) is 0 Å². The Morgan fingerprint density at radius 3 is 3.00 bits per heavy atom. The summed E-state index contributed by atoms with van der Waals surface area (Å²) in [5, 5.41) is 1.90. The molecule has 1 radical (unpaired) electrons. The van der Waals surface area contributed by atoms with Crippen LogP contribution in [0.15, 0.2) is 24.4 Å². The van der Waals surface area contributed by atoms with Crippen LogP contribution in [0, 0.1) is 6.07 Å². The topological polar surface area (TPSA) is 4.93 Å². The fraction of sp³-hybridized carbons (Fsp3) is 0.111. The van der Waals surface area contributed by atoms with Crippen LogP contribution in [-0.2, 0) is 7.05 Å². The van der Waals surface area contributed by atoms with Gasteiger partial charge in [-0.15, -0.1) is 0 Å². The molecule has 0 bridgehead atoms. The molecule has 0 saturated carbocycles. The van der Waals surface area contributed by atoms with Gasteiger partial charge in [0.1, 0.15) is 0 Å². The molecule has 0 unspecified atom stereocenters. The molecule has 11 heavy (non-hydrogen) atoms. The van der Waals surface area contributed by atoms with Crippen molar-refractivity contribution in [2.45, 2.75) is 0 Å². The Bertz CT molecular complexity index is 389. The second-order valence-corrected chi connectivity index (χ2v) is 2.94. The molecule has 1 nitrogen and oxygen atoms in total. The van der Waals surface area contributed by atoms with Gasteiger partial charge in [0.2, 0.25) is 0 Å². The van der Waals surface area contributed by atoms with Crippen LogP contribution in [-0.4, -0.2) is 4.57 Å². The molecular weight excluding hydrogens is 158 g/mol. The molecule has 0 fully saturated rings. The third-order valence-electron chi connectivity index (χ3n) is 1.78. The van der Waals surface area contributed by atoms with Crippen molar-refractivity contribution in [3.8, 4) is 0 Å². The van der Waals surface area contributed by atoms with Crippen LogP contribution < -0.4 is 0 Å². The van der Waals surface area contributed by atoms with Gasteiger partial charge in [0, 0.05) is 18.6 Å². The van der Waals surface area contributed by atoms with Crippen LogP contribution in [0.25, 0.3) is 10.9 Å². The summed E-state index contributed by atoms with van der Waals surface area (Å²) >= 11 is 5.95. The van der Waals surface area contributed by atoms with Gasteiger partial charge in [-0.1, -0.05) is 11.6 Å². The average Bonchev–Trinajstić information content (AvgIpc) is 2.34. The number of rotatable bonds is 0. The van der Waals surface area contributed by atoms with Crippen molar-refractivity contribution in [2.75, 3.05) is 0 Å². The van der Waals surface area contributed by atoms with Crippen molar-refractivity contribution in [1.82, 2.24) is 4.57 Å². The summed E-state index contributed by atoms with van der Waals surface area (Å²) in [4.78, 5) is 0. The van der Waals surface area contributed by atoms with Gasteiger partial charge in [0.15, 0.2) is 0 Å². The van der Waals surface area contributed by atoms with Crippen molar-refractivity contribution in [3.63, 3.8) is 0 Å². The van der Waals surface area contributed by atoms with E-state index in [9.17, 15) is 0 Å². The average molecular weight is 165 g/mol. The number of halogens is 1. The lowest BCUT2D eigenvalue weighted by atomic mass is 10.2. The Kier molecular flexibility index (Phi) is 1.40. The van der Waals surface area contributed by atoms with E-state index in [2.05, 4.69) is 6.07 Å². The molecule has 1 aromatic carbocycles. The summed E-state index contributed by atoms with van der Waals surface area (Å²) in [6, 6.07) is 8.71. The molecule has 0 aliphatic carbocycles. The van der Waals surface area contributed by atoms with E-state index in [0.29, 0.717) is 0 Å². The first-order valence-electron chi connectivity index (χ1n) is 3.39. The Morgan fingerprint density at radius 2 is 2.27 bits per heavy atom. The fourth-order valence-electron chi connectivity index (χ4n) is 1.25.